The number of unbranched alkanes of at least 4 members (excludes halogenated alkanes) is 2. The number of aryl methyl sites for hydroxylation is 1. The number of nitrogens with zero attached hydrogens (tertiary/aromatic N) is 1. The predicted octanol–water partition coefficient (Wildman–Crippen LogP) is 3.86. The molecule has 4 aliphatic rings. The van der Waals surface area contributed by atoms with E-state index < -0.39 is 5.97 Å². The van der Waals surface area contributed by atoms with E-state index >= 15 is 0 Å². The Balaban J connectivity index is 1.28. The number of amides is 2. The van der Waals surface area contributed by atoms with Gasteiger partial charge in [0.15, 0.2) is 0 Å². The van der Waals surface area contributed by atoms with Crippen molar-refractivity contribution in [2.24, 2.45) is 29.6 Å². The van der Waals surface area contributed by atoms with Crippen LogP contribution in [-0.4, -0.2) is 44.6 Å². The number of imide groups is 1. The molecule has 7 nitrogen and oxygen atoms in total. The van der Waals surface area contributed by atoms with Crippen molar-refractivity contribution in [3.63, 3.8) is 0 Å². The zero-order valence-electron chi connectivity index (χ0n) is 19.4. The van der Waals surface area contributed by atoms with Gasteiger partial charge in [-0.15, -0.1) is 11.8 Å². The van der Waals surface area contributed by atoms with Crippen molar-refractivity contribution >= 4 is 40.9 Å². The third-order valence-corrected chi connectivity index (χ3v) is 11.1. The van der Waals surface area contributed by atoms with Gasteiger partial charge in [0.25, 0.3) is 0 Å². The van der Waals surface area contributed by atoms with E-state index in [0.29, 0.717) is 25.8 Å². The smallest absolute Gasteiger partial charge is 0.305 e. The largest absolute Gasteiger partial charge is 0.481 e. The number of benzene rings is 1. The molecule has 35 heavy (non-hydrogen) atoms. The van der Waals surface area contributed by atoms with Gasteiger partial charge in [-0.2, -0.15) is 0 Å². The molecule has 184 valence electrons. The third kappa shape index (κ3) is 3.61. The number of nitrogens with one attached hydrogen (secondary N) is 1. The number of rotatable bonds is 7. The Morgan fingerprint density at radius 3 is 2.49 bits per heavy atom. The molecule has 2 aromatic rings. The summed E-state index contributed by atoms with van der Waals surface area (Å²) < 4.78 is 0. The van der Waals surface area contributed by atoms with Crippen LogP contribution in [0.25, 0.3) is 0 Å². The maximum Gasteiger partial charge on any atom is 0.305 e. The minimum atomic E-state index is -0.817. The second-order valence-electron chi connectivity index (χ2n) is 10.4. The van der Waals surface area contributed by atoms with Gasteiger partial charge in [-0.05, 0) is 49.5 Å². The van der Waals surface area contributed by atoms with Crippen LogP contribution in [0.1, 0.15) is 54.0 Å². The summed E-state index contributed by atoms with van der Waals surface area (Å²) in [5.74, 6) is -0.867. The van der Waals surface area contributed by atoms with Gasteiger partial charge in [0.05, 0.1) is 16.9 Å². The molecule has 2 saturated carbocycles. The average molecular weight is 513 g/mol. The van der Waals surface area contributed by atoms with Gasteiger partial charge < -0.3 is 10.1 Å². The molecule has 2 bridgehead atoms. The predicted molar refractivity (Wildman–Crippen MR) is 132 cm³/mol. The minimum absolute atomic E-state index is 0.0371. The number of aromatic nitrogens is 1. The fraction of sp³-hybridized carbons (Fsp3) is 0.538. The average Bonchev–Trinajstić information content (AvgIpc) is 3.54. The molecule has 0 spiro atoms. The summed E-state index contributed by atoms with van der Waals surface area (Å²) in [6, 6.07) is 8.51. The monoisotopic (exact) mass is 512 g/mol. The summed E-state index contributed by atoms with van der Waals surface area (Å²) in [4.78, 5) is 55.5. The molecule has 2 N–H and O–H groups in total. The van der Waals surface area contributed by atoms with Crippen LogP contribution in [0.5, 0.6) is 0 Å². The molecule has 1 saturated heterocycles. The number of likely N-dealkylation sites (tertiary alicyclic amines) is 1. The number of hydrogen-bond acceptors (Lipinski definition) is 6. The Bertz CT molecular complexity index is 1250. The fourth-order valence-corrected chi connectivity index (χ4v) is 10.1. The van der Waals surface area contributed by atoms with Gasteiger partial charge in [0, 0.05) is 29.0 Å². The van der Waals surface area contributed by atoms with Crippen LogP contribution in [0.3, 0.4) is 0 Å². The standard InChI is InChI=1S/C26H28N2O5S2/c1-12-6-8-13(9-7-12)17-18-14-11-15(21(18)34-23-22(17)35-26(33)27-23)20-19(14)24(31)28(25(20)32)10-4-2-3-5-16(29)30/h6-9,14-15,17-21H,2-5,10-11H2,1H3,(H,27,33)(H,29,30)/t14-,15+,17+,18-,19+,20-,21-/m1/s1. The number of hydrogen-bond donors (Lipinski definition) is 2. The van der Waals surface area contributed by atoms with E-state index in [-0.39, 0.29) is 63.9 Å². The zero-order valence-corrected chi connectivity index (χ0v) is 21.1. The highest BCUT2D eigenvalue weighted by molar-refractivity contribution is 8.00. The molecule has 2 aliphatic heterocycles. The molecule has 7 atom stereocenters. The molecule has 1 aromatic heterocycles. The first kappa shape index (κ1) is 23.0. The quantitative estimate of drug-likeness (QED) is 0.431. The summed E-state index contributed by atoms with van der Waals surface area (Å²) in [5, 5.41) is 9.97. The molecule has 6 rings (SSSR count). The highest BCUT2D eigenvalue weighted by Crippen LogP contribution is 2.68. The van der Waals surface area contributed by atoms with Crippen LogP contribution in [0.15, 0.2) is 34.1 Å². The first-order chi connectivity index (χ1) is 16.8. The van der Waals surface area contributed by atoms with Crippen molar-refractivity contribution in [3.8, 4) is 0 Å². The van der Waals surface area contributed by atoms with Crippen LogP contribution >= 0.6 is 23.1 Å². The lowest BCUT2D eigenvalue weighted by Crippen LogP contribution is -2.42. The van der Waals surface area contributed by atoms with Crippen LogP contribution < -0.4 is 4.87 Å². The fourth-order valence-electron chi connectivity index (χ4n) is 7.17. The van der Waals surface area contributed by atoms with Crippen molar-refractivity contribution in [2.45, 2.75) is 55.2 Å². The van der Waals surface area contributed by atoms with E-state index in [1.807, 2.05) is 0 Å². The van der Waals surface area contributed by atoms with Crippen molar-refractivity contribution in [1.29, 1.82) is 0 Å². The van der Waals surface area contributed by atoms with E-state index in [1.54, 1.807) is 11.8 Å². The van der Waals surface area contributed by atoms with E-state index in [9.17, 15) is 19.2 Å². The Morgan fingerprint density at radius 1 is 1.06 bits per heavy atom. The first-order valence-corrected chi connectivity index (χ1v) is 14.1. The van der Waals surface area contributed by atoms with Crippen LogP contribution in [0.2, 0.25) is 0 Å². The Labute approximate surface area is 211 Å². The summed E-state index contributed by atoms with van der Waals surface area (Å²) >= 11 is 2.99. The molecule has 3 fully saturated rings. The Hall–Kier alpha value is -2.39. The van der Waals surface area contributed by atoms with E-state index in [1.165, 1.54) is 27.4 Å². The van der Waals surface area contributed by atoms with Crippen molar-refractivity contribution < 1.29 is 19.5 Å². The van der Waals surface area contributed by atoms with Gasteiger partial charge in [0.2, 0.25) is 11.8 Å². The maximum absolute atomic E-state index is 13.5. The lowest BCUT2D eigenvalue weighted by molar-refractivity contribution is -0.141. The summed E-state index contributed by atoms with van der Waals surface area (Å²) in [6.45, 7) is 2.44. The Morgan fingerprint density at radius 2 is 1.77 bits per heavy atom. The highest BCUT2D eigenvalue weighted by Gasteiger charge is 2.69. The number of fused-ring (bicyclic) bond motifs is 9. The normalized spacial score (nSPS) is 32.6. The summed E-state index contributed by atoms with van der Waals surface area (Å²) in [6.07, 6.45) is 2.90. The second kappa shape index (κ2) is 8.62. The molecule has 1 aromatic carbocycles. The van der Waals surface area contributed by atoms with Gasteiger partial charge in [-0.1, -0.05) is 47.6 Å². The third-order valence-electron chi connectivity index (χ3n) is 8.52. The number of thiazole rings is 1. The van der Waals surface area contributed by atoms with Gasteiger partial charge >= 0.3 is 10.8 Å². The summed E-state index contributed by atoms with van der Waals surface area (Å²) in [5.41, 5.74) is 2.36. The Kier molecular flexibility index (Phi) is 5.67. The number of aromatic amines is 1. The van der Waals surface area contributed by atoms with Crippen molar-refractivity contribution in [1.82, 2.24) is 9.88 Å². The van der Waals surface area contributed by atoms with Gasteiger partial charge in [-0.3, -0.25) is 24.1 Å². The number of carbonyl (C=O) groups is 3. The van der Waals surface area contributed by atoms with E-state index in [0.717, 1.165) is 16.3 Å². The lowest BCUT2D eigenvalue weighted by atomic mass is 9.68. The molecular weight excluding hydrogens is 484 g/mol. The van der Waals surface area contributed by atoms with Crippen LogP contribution in [0.4, 0.5) is 0 Å². The number of carbonyl (C=O) groups excluding carboxylic acids is 2. The van der Waals surface area contributed by atoms with Crippen molar-refractivity contribution in [2.75, 3.05) is 6.54 Å². The molecule has 2 amide bonds. The zero-order chi connectivity index (χ0) is 24.4. The minimum Gasteiger partial charge on any atom is -0.481 e. The maximum atomic E-state index is 13.5. The number of carboxylic acids is 1. The number of H-pyrrole nitrogens is 1. The second-order valence-corrected chi connectivity index (χ2v) is 12.6. The SMILES string of the molecule is Cc1ccc([C@@H]2c3sc(=O)[nH]c3S[C@@H]3[C@H]4C[C@@H]([C@@H]5C(=O)N(CCCCCC(=O)O)C(=O)[C@H]45)[C@H]23)cc1. The van der Waals surface area contributed by atoms with Crippen molar-refractivity contribution in [3.05, 3.63) is 49.9 Å². The molecule has 0 radical (unpaired) electrons. The number of aliphatic carboxylic acids is 1. The molecular formula is C26H28N2O5S2. The molecule has 3 heterocycles. The van der Waals surface area contributed by atoms with Gasteiger partial charge in [-0.25, -0.2) is 0 Å². The van der Waals surface area contributed by atoms with Gasteiger partial charge in [0.1, 0.15) is 0 Å². The lowest BCUT2D eigenvalue weighted by Gasteiger charge is -2.43. The topological polar surface area (TPSA) is 108 Å². The molecule has 2 aliphatic carbocycles. The number of carboxylic acid groups (broad SMARTS) is 1. The van der Waals surface area contributed by atoms with Crippen LogP contribution in [-0.2, 0) is 14.4 Å². The van der Waals surface area contributed by atoms with E-state index in [4.69, 9.17) is 5.11 Å². The number of thioether (sulfide) groups is 1. The van der Waals surface area contributed by atoms with E-state index in [2.05, 4.69) is 36.2 Å². The first-order valence-electron chi connectivity index (χ1n) is 12.4. The van der Waals surface area contributed by atoms with Crippen LogP contribution in [0, 0.1) is 36.5 Å². The molecule has 9 heteroatoms. The molecule has 0 unspecified atom stereocenters. The summed E-state index contributed by atoms with van der Waals surface area (Å²) in [7, 11) is 0. The highest BCUT2D eigenvalue weighted by atomic mass is 32.2.